The minimum Gasteiger partial charge on any atom is -0.264 e. The Labute approximate surface area is 167 Å². The van der Waals surface area contributed by atoms with E-state index in [4.69, 9.17) is 0 Å². The number of sulfonamides is 1. The molecule has 0 unspecified atom stereocenters. The number of nitrogens with one attached hydrogen (secondary N) is 1. The molecule has 4 saturated carbocycles. The summed E-state index contributed by atoms with van der Waals surface area (Å²) in [5, 5.41) is 4.68. The van der Waals surface area contributed by atoms with Crippen molar-refractivity contribution < 1.29 is 8.42 Å². The number of aromatic nitrogens is 2. The Morgan fingerprint density at radius 1 is 1.04 bits per heavy atom. The van der Waals surface area contributed by atoms with Gasteiger partial charge in [-0.1, -0.05) is 25.5 Å². The van der Waals surface area contributed by atoms with Gasteiger partial charge in [0.2, 0.25) is 0 Å². The standard InChI is InChI=1S/C22H29N3O2S/c1-2-3-16-4-6-20(7-5-16)28(26,27)24-21-8-9-25(23-21)22-13-17-10-18(14-22)12-19(11-17)15-22/h4-9,17-19H,2-3,10-15H2,1H3,(H,23,24). The molecular formula is C22H29N3O2S. The van der Waals surface area contributed by atoms with Gasteiger partial charge in [-0.15, -0.1) is 0 Å². The topological polar surface area (TPSA) is 64.0 Å². The number of aryl methyl sites for hydroxylation is 1. The van der Waals surface area contributed by atoms with E-state index in [2.05, 4.69) is 21.4 Å². The maximum Gasteiger partial charge on any atom is 0.263 e. The van der Waals surface area contributed by atoms with Crippen molar-refractivity contribution in [2.75, 3.05) is 4.72 Å². The third-order valence-corrected chi connectivity index (χ3v) is 8.46. The summed E-state index contributed by atoms with van der Waals surface area (Å²) in [5.74, 6) is 2.92. The van der Waals surface area contributed by atoms with Gasteiger partial charge in [-0.05, 0) is 80.4 Å². The van der Waals surface area contributed by atoms with Crippen molar-refractivity contribution in [3.8, 4) is 0 Å². The highest BCUT2D eigenvalue weighted by Crippen LogP contribution is 2.58. The van der Waals surface area contributed by atoms with E-state index in [1.54, 1.807) is 12.1 Å². The van der Waals surface area contributed by atoms with Gasteiger partial charge >= 0.3 is 0 Å². The summed E-state index contributed by atoms with van der Waals surface area (Å²) < 4.78 is 30.3. The molecule has 4 bridgehead atoms. The van der Waals surface area contributed by atoms with Crippen LogP contribution in [-0.2, 0) is 22.0 Å². The van der Waals surface area contributed by atoms with Crippen molar-refractivity contribution >= 4 is 15.8 Å². The Balaban J connectivity index is 1.35. The van der Waals surface area contributed by atoms with Crippen LogP contribution in [0.1, 0.15) is 57.4 Å². The van der Waals surface area contributed by atoms with Gasteiger partial charge in [-0.3, -0.25) is 9.40 Å². The SMILES string of the molecule is CCCc1ccc(S(=O)(=O)Nc2ccn(C34CC5CC(CC(C5)C3)C4)n2)cc1. The van der Waals surface area contributed by atoms with Gasteiger partial charge in [0.15, 0.2) is 5.82 Å². The first-order valence-corrected chi connectivity index (χ1v) is 12.1. The molecular weight excluding hydrogens is 370 g/mol. The first-order valence-electron chi connectivity index (χ1n) is 10.6. The highest BCUT2D eigenvalue weighted by atomic mass is 32.2. The van der Waals surface area contributed by atoms with Crippen molar-refractivity contribution in [1.29, 1.82) is 0 Å². The van der Waals surface area contributed by atoms with Crippen LogP contribution in [0.5, 0.6) is 0 Å². The zero-order chi connectivity index (χ0) is 19.4. The summed E-state index contributed by atoms with van der Waals surface area (Å²) in [6.45, 7) is 2.12. The second kappa shape index (κ2) is 6.61. The molecule has 5 nitrogen and oxygen atoms in total. The molecule has 2 aromatic rings. The molecule has 1 aromatic heterocycles. The number of anilines is 1. The molecule has 4 fully saturated rings. The highest BCUT2D eigenvalue weighted by molar-refractivity contribution is 7.92. The van der Waals surface area contributed by atoms with Crippen LogP contribution in [0.15, 0.2) is 41.4 Å². The summed E-state index contributed by atoms with van der Waals surface area (Å²) >= 11 is 0. The summed E-state index contributed by atoms with van der Waals surface area (Å²) in [6.07, 6.45) is 11.7. The normalized spacial score (nSPS) is 31.2. The maximum atomic E-state index is 12.8. The van der Waals surface area contributed by atoms with E-state index in [0.717, 1.165) is 36.2 Å². The van der Waals surface area contributed by atoms with E-state index in [1.165, 1.54) is 38.5 Å². The summed E-state index contributed by atoms with van der Waals surface area (Å²) in [5.41, 5.74) is 1.27. The lowest BCUT2D eigenvalue weighted by Gasteiger charge is -2.56. The summed E-state index contributed by atoms with van der Waals surface area (Å²) in [6, 6.07) is 8.96. The number of benzene rings is 1. The smallest absolute Gasteiger partial charge is 0.263 e. The van der Waals surface area contributed by atoms with Crippen molar-refractivity contribution in [3.05, 3.63) is 42.1 Å². The van der Waals surface area contributed by atoms with E-state index in [1.807, 2.05) is 24.4 Å². The lowest BCUT2D eigenvalue weighted by atomic mass is 9.53. The second-order valence-corrected chi connectivity index (χ2v) is 11.0. The van der Waals surface area contributed by atoms with Gasteiger partial charge in [0, 0.05) is 12.3 Å². The number of hydrogen-bond acceptors (Lipinski definition) is 3. The zero-order valence-electron chi connectivity index (χ0n) is 16.5. The second-order valence-electron chi connectivity index (χ2n) is 9.29. The molecule has 28 heavy (non-hydrogen) atoms. The fourth-order valence-electron chi connectivity index (χ4n) is 6.31. The maximum absolute atomic E-state index is 12.8. The van der Waals surface area contributed by atoms with E-state index >= 15 is 0 Å². The molecule has 150 valence electrons. The molecule has 6 heteroatoms. The van der Waals surface area contributed by atoms with Crippen molar-refractivity contribution in [3.63, 3.8) is 0 Å². The van der Waals surface area contributed by atoms with Gasteiger partial charge < -0.3 is 0 Å². The molecule has 1 N–H and O–H groups in total. The summed E-state index contributed by atoms with van der Waals surface area (Å²) in [4.78, 5) is 0.289. The monoisotopic (exact) mass is 399 g/mol. The van der Waals surface area contributed by atoms with Crippen molar-refractivity contribution in [2.45, 2.75) is 68.7 Å². The summed E-state index contributed by atoms with van der Waals surface area (Å²) in [7, 11) is -3.61. The van der Waals surface area contributed by atoms with Crippen LogP contribution in [0.25, 0.3) is 0 Å². The van der Waals surface area contributed by atoms with E-state index in [0.29, 0.717) is 5.82 Å². The van der Waals surface area contributed by atoms with Crippen molar-refractivity contribution in [2.24, 2.45) is 17.8 Å². The largest absolute Gasteiger partial charge is 0.264 e. The van der Waals surface area contributed by atoms with Crippen LogP contribution in [0.2, 0.25) is 0 Å². The molecule has 0 radical (unpaired) electrons. The Bertz CT molecular complexity index is 927. The molecule has 1 aromatic carbocycles. The average Bonchev–Trinajstić information content (AvgIpc) is 3.10. The number of nitrogens with zero attached hydrogens (tertiary/aromatic N) is 2. The van der Waals surface area contributed by atoms with Crippen LogP contribution in [0, 0.1) is 17.8 Å². The van der Waals surface area contributed by atoms with E-state index in [-0.39, 0.29) is 10.4 Å². The van der Waals surface area contributed by atoms with Crippen LogP contribution in [0.4, 0.5) is 5.82 Å². The molecule has 4 aliphatic carbocycles. The van der Waals surface area contributed by atoms with Gasteiger partial charge in [0.05, 0.1) is 10.4 Å². The molecule has 6 rings (SSSR count). The number of hydrogen-bond donors (Lipinski definition) is 1. The first kappa shape index (κ1) is 18.2. The fraction of sp³-hybridized carbons (Fsp3) is 0.591. The molecule has 0 saturated heterocycles. The van der Waals surface area contributed by atoms with Crippen molar-refractivity contribution in [1.82, 2.24) is 9.78 Å². The van der Waals surface area contributed by atoms with Crippen LogP contribution in [0.3, 0.4) is 0 Å². The minimum atomic E-state index is -3.61. The highest BCUT2D eigenvalue weighted by Gasteiger charge is 2.52. The van der Waals surface area contributed by atoms with Crippen LogP contribution >= 0.6 is 0 Å². The first-order chi connectivity index (χ1) is 13.5. The Hall–Kier alpha value is -1.82. The predicted molar refractivity (Wildman–Crippen MR) is 110 cm³/mol. The minimum absolute atomic E-state index is 0.111. The van der Waals surface area contributed by atoms with E-state index in [9.17, 15) is 8.42 Å². The third kappa shape index (κ3) is 3.15. The van der Waals surface area contributed by atoms with Gasteiger partial charge in [-0.25, -0.2) is 8.42 Å². The van der Waals surface area contributed by atoms with Gasteiger partial charge in [0.1, 0.15) is 0 Å². The molecule has 0 spiro atoms. The van der Waals surface area contributed by atoms with Gasteiger partial charge in [0.25, 0.3) is 10.0 Å². The quantitative estimate of drug-likeness (QED) is 0.774. The molecule has 4 aliphatic rings. The lowest BCUT2D eigenvalue weighted by Crippen LogP contribution is -2.52. The Kier molecular flexibility index (Phi) is 4.30. The lowest BCUT2D eigenvalue weighted by molar-refractivity contribution is -0.0492. The zero-order valence-corrected chi connectivity index (χ0v) is 17.3. The number of rotatable bonds is 6. The van der Waals surface area contributed by atoms with E-state index < -0.39 is 10.0 Å². The molecule has 0 atom stereocenters. The third-order valence-electron chi connectivity index (χ3n) is 7.09. The predicted octanol–water partition coefficient (Wildman–Crippen LogP) is 4.56. The average molecular weight is 400 g/mol. The van der Waals surface area contributed by atoms with Crippen LogP contribution in [-0.4, -0.2) is 18.2 Å². The Morgan fingerprint density at radius 3 is 2.21 bits per heavy atom. The molecule has 1 heterocycles. The van der Waals surface area contributed by atoms with Gasteiger partial charge in [-0.2, -0.15) is 5.10 Å². The molecule has 0 amide bonds. The Morgan fingerprint density at radius 2 is 1.64 bits per heavy atom. The van der Waals surface area contributed by atoms with Crippen LogP contribution < -0.4 is 4.72 Å². The molecule has 0 aliphatic heterocycles. The fourth-order valence-corrected chi connectivity index (χ4v) is 7.31.